The van der Waals surface area contributed by atoms with Crippen LogP contribution in [0.1, 0.15) is 59.3 Å². The van der Waals surface area contributed by atoms with Gasteiger partial charge < -0.3 is 10.6 Å². The van der Waals surface area contributed by atoms with E-state index in [2.05, 4.69) is 31.4 Å². The molecule has 0 saturated heterocycles. The maximum Gasteiger partial charge on any atom is 0.315 e. The van der Waals surface area contributed by atoms with Gasteiger partial charge in [0.2, 0.25) is 0 Å². The third kappa shape index (κ3) is 5.38. The first kappa shape index (κ1) is 13.3. The second-order valence-electron chi connectivity index (χ2n) is 5.48. The molecule has 0 unspecified atom stereocenters. The van der Waals surface area contributed by atoms with Crippen molar-refractivity contribution in [3.05, 3.63) is 0 Å². The number of hydrogen-bond donors (Lipinski definition) is 2. The van der Waals surface area contributed by atoms with Crippen molar-refractivity contribution in [3.8, 4) is 0 Å². The molecular weight excluding hydrogens is 200 g/mol. The zero-order chi connectivity index (χ0) is 12.0. The molecule has 94 valence electrons. The first-order valence-corrected chi connectivity index (χ1v) is 6.65. The van der Waals surface area contributed by atoms with Gasteiger partial charge in [0.05, 0.1) is 0 Å². The lowest BCUT2D eigenvalue weighted by Crippen LogP contribution is -2.46. The molecule has 3 heteroatoms. The van der Waals surface area contributed by atoms with Gasteiger partial charge in [0.15, 0.2) is 0 Å². The lowest BCUT2D eigenvalue weighted by atomic mass is 9.96. The molecule has 1 aliphatic rings. The monoisotopic (exact) mass is 226 g/mol. The molecule has 0 aromatic carbocycles. The summed E-state index contributed by atoms with van der Waals surface area (Å²) in [5.74, 6) is 0.630. The summed E-state index contributed by atoms with van der Waals surface area (Å²) in [7, 11) is 0. The highest BCUT2D eigenvalue weighted by Crippen LogP contribution is 2.17. The number of hydrogen-bond acceptors (Lipinski definition) is 1. The molecule has 0 aromatic rings. The van der Waals surface area contributed by atoms with Crippen molar-refractivity contribution in [2.24, 2.45) is 5.92 Å². The van der Waals surface area contributed by atoms with Gasteiger partial charge in [0, 0.05) is 12.1 Å². The number of urea groups is 1. The van der Waals surface area contributed by atoms with Gasteiger partial charge in [-0.1, -0.05) is 33.1 Å². The Kier molecular flexibility index (Phi) is 5.64. The predicted octanol–water partition coefficient (Wildman–Crippen LogP) is 3.05. The zero-order valence-electron chi connectivity index (χ0n) is 10.9. The van der Waals surface area contributed by atoms with Crippen molar-refractivity contribution < 1.29 is 4.79 Å². The molecule has 1 saturated carbocycles. The van der Waals surface area contributed by atoms with Crippen LogP contribution >= 0.6 is 0 Å². The molecule has 2 amide bonds. The summed E-state index contributed by atoms with van der Waals surface area (Å²) in [6.07, 6.45) is 7.17. The smallest absolute Gasteiger partial charge is 0.315 e. The van der Waals surface area contributed by atoms with E-state index in [1.807, 2.05) is 0 Å². The number of carbonyl (C=O) groups excluding carboxylic acids is 1. The predicted molar refractivity (Wildman–Crippen MR) is 67.5 cm³/mol. The molecule has 0 aromatic heterocycles. The fraction of sp³-hybridized carbons (Fsp3) is 0.923. The van der Waals surface area contributed by atoms with Gasteiger partial charge >= 0.3 is 6.03 Å². The summed E-state index contributed by atoms with van der Waals surface area (Å²) in [4.78, 5) is 11.7. The Bertz CT molecular complexity index is 210. The quantitative estimate of drug-likeness (QED) is 0.760. The zero-order valence-corrected chi connectivity index (χ0v) is 10.9. The van der Waals surface area contributed by atoms with Gasteiger partial charge in [0.25, 0.3) is 0 Å². The third-order valence-corrected chi connectivity index (χ3v) is 3.14. The molecule has 1 rings (SSSR count). The average Bonchev–Trinajstić information content (AvgIpc) is 2.17. The van der Waals surface area contributed by atoms with Crippen LogP contribution in [0.25, 0.3) is 0 Å². The van der Waals surface area contributed by atoms with E-state index in [1.54, 1.807) is 0 Å². The largest absolute Gasteiger partial charge is 0.336 e. The summed E-state index contributed by atoms with van der Waals surface area (Å²) in [6.45, 7) is 6.43. The van der Waals surface area contributed by atoms with E-state index in [9.17, 15) is 4.79 Å². The Morgan fingerprint density at radius 2 is 1.81 bits per heavy atom. The minimum Gasteiger partial charge on any atom is -0.336 e. The lowest BCUT2D eigenvalue weighted by molar-refractivity contribution is 0.228. The Hall–Kier alpha value is -0.730. The first-order valence-electron chi connectivity index (χ1n) is 6.65. The van der Waals surface area contributed by atoms with E-state index in [0.29, 0.717) is 12.0 Å². The molecule has 1 fully saturated rings. The Balaban J connectivity index is 2.18. The summed E-state index contributed by atoms with van der Waals surface area (Å²) < 4.78 is 0. The van der Waals surface area contributed by atoms with E-state index in [-0.39, 0.29) is 12.1 Å². The van der Waals surface area contributed by atoms with Gasteiger partial charge in [-0.05, 0) is 32.1 Å². The first-order chi connectivity index (χ1) is 7.58. The van der Waals surface area contributed by atoms with Gasteiger partial charge in [-0.2, -0.15) is 0 Å². The van der Waals surface area contributed by atoms with E-state index in [1.165, 1.54) is 19.3 Å². The van der Waals surface area contributed by atoms with Crippen LogP contribution in [-0.4, -0.2) is 18.1 Å². The van der Waals surface area contributed by atoms with Crippen molar-refractivity contribution >= 4 is 6.03 Å². The highest BCUT2D eigenvalue weighted by Gasteiger charge is 2.16. The van der Waals surface area contributed by atoms with Gasteiger partial charge in [-0.15, -0.1) is 0 Å². The molecule has 0 spiro atoms. The lowest BCUT2D eigenvalue weighted by Gasteiger charge is -2.24. The van der Waals surface area contributed by atoms with Crippen LogP contribution in [0.2, 0.25) is 0 Å². The fourth-order valence-electron chi connectivity index (χ4n) is 2.46. The Morgan fingerprint density at radius 3 is 2.38 bits per heavy atom. The van der Waals surface area contributed by atoms with Crippen molar-refractivity contribution in [1.29, 1.82) is 0 Å². The molecule has 3 nitrogen and oxygen atoms in total. The molecule has 16 heavy (non-hydrogen) atoms. The van der Waals surface area contributed by atoms with Crippen molar-refractivity contribution in [3.63, 3.8) is 0 Å². The highest BCUT2D eigenvalue weighted by molar-refractivity contribution is 5.74. The van der Waals surface area contributed by atoms with Crippen LogP contribution < -0.4 is 10.6 Å². The summed E-state index contributed by atoms with van der Waals surface area (Å²) >= 11 is 0. The van der Waals surface area contributed by atoms with Crippen molar-refractivity contribution in [2.45, 2.75) is 71.4 Å². The molecule has 0 bridgehead atoms. The topological polar surface area (TPSA) is 41.1 Å². The maximum absolute atomic E-state index is 11.7. The normalized spacial score (nSPS) is 19.5. The van der Waals surface area contributed by atoms with Crippen LogP contribution in [0.3, 0.4) is 0 Å². The highest BCUT2D eigenvalue weighted by atomic mass is 16.2. The summed E-state index contributed by atoms with van der Waals surface area (Å²) in [5, 5.41) is 6.08. The number of amides is 2. The van der Waals surface area contributed by atoms with Crippen LogP contribution in [-0.2, 0) is 0 Å². The van der Waals surface area contributed by atoms with E-state index in [4.69, 9.17) is 0 Å². The van der Waals surface area contributed by atoms with E-state index < -0.39 is 0 Å². The van der Waals surface area contributed by atoms with Crippen LogP contribution in [0.5, 0.6) is 0 Å². The minimum absolute atomic E-state index is 0.0139. The number of nitrogens with one attached hydrogen (secondary N) is 2. The molecule has 0 heterocycles. The fourth-order valence-corrected chi connectivity index (χ4v) is 2.46. The number of rotatable bonds is 4. The standard InChI is InChI=1S/C13H26N2O/c1-10(2)9-11(3)14-13(16)15-12-7-5-4-6-8-12/h10-12H,4-9H2,1-3H3,(H2,14,15,16)/t11-/m0/s1. The van der Waals surface area contributed by atoms with Crippen LogP contribution in [0.4, 0.5) is 4.79 Å². The summed E-state index contributed by atoms with van der Waals surface area (Å²) in [6, 6.07) is 0.684. The van der Waals surface area contributed by atoms with Crippen molar-refractivity contribution in [2.75, 3.05) is 0 Å². The van der Waals surface area contributed by atoms with Crippen LogP contribution in [0, 0.1) is 5.92 Å². The van der Waals surface area contributed by atoms with E-state index in [0.717, 1.165) is 19.3 Å². The minimum atomic E-state index is 0.0139. The second-order valence-corrected chi connectivity index (χ2v) is 5.48. The van der Waals surface area contributed by atoms with Gasteiger partial charge in [-0.3, -0.25) is 0 Å². The Morgan fingerprint density at radius 1 is 1.19 bits per heavy atom. The summed E-state index contributed by atoms with van der Waals surface area (Å²) in [5.41, 5.74) is 0. The Labute approximate surface area is 99.4 Å². The molecule has 0 radical (unpaired) electrons. The third-order valence-electron chi connectivity index (χ3n) is 3.14. The molecule has 2 N–H and O–H groups in total. The molecule has 1 aliphatic carbocycles. The second kappa shape index (κ2) is 6.77. The molecule has 0 aliphatic heterocycles. The molecule has 1 atom stereocenters. The van der Waals surface area contributed by atoms with Crippen LogP contribution in [0.15, 0.2) is 0 Å². The average molecular weight is 226 g/mol. The van der Waals surface area contributed by atoms with Gasteiger partial charge in [0.1, 0.15) is 0 Å². The van der Waals surface area contributed by atoms with E-state index >= 15 is 0 Å². The molecular formula is C13H26N2O. The maximum atomic E-state index is 11.7. The van der Waals surface area contributed by atoms with Gasteiger partial charge in [-0.25, -0.2) is 4.79 Å². The number of carbonyl (C=O) groups is 1. The SMILES string of the molecule is CC(C)C[C@H](C)NC(=O)NC1CCCCC1. The van der Waals surface area contributed by atoms with Crippen molar-refractivity contribution in [1.82, 2.24) is 10.6 Å².